The summed E-state index contributed by atoms with van der Waals surface area (Å²) in [6, 6.07) is -0.422. The normalized spacial score (nSPS) is 18.5. The molecule has 0 aromatic heterocycles. The SMILES string of the molecule is CNCC(C(=O)O)N1CCOCC1.Cl.Cl. The molecule has 15 heavy (non-hydrogen) atoms. The Balaban J connectivity index is 0. The topological polar surface area (TPSA) is 61.8 Å². The molecule has 1 heterocycles. The van der Waals surface area contributed by atoms with Gasteiger partial charge in [0.15, 0.2) is 0 Å². The number of likely N-dealkylation sites (N-methyl/N-ethyl adjacent to an activating group) is 1. The molecule has 2 N–H and O–H groups in total. The first kappa shape index (κ1) is 17.3. The summed E-state index contributed by atoms with van der Waals surface area (Å²) < 4.78 is 5.15. The third kappa shape index (κ3) is 5.53. The molecule has 0 aromatic rings. The van der Waals surface area contributed by atoms with Crippen molar-refractivity contribution in [2.24, 2.45) is 0 Å². The number of ether oxygens (including phenoxy) is 1. The molecule has 0 radical (unpaired) electrons. The quantitative estimate of drug-likeness (QED) is 0.736. The van der Waals surface area contributed by atoms with Crippen LogP contribution in [-0.2, 0) is 9.53 Å². The van der Waals surface area contributed by atoms with Crippen molar-refractivity contribution < 1.29 is 14.6 Å². The minimum absolute atomic E-state index is 0. The standard InChI is InChI=1S/C8H16N2O3.2ClH/c1-9-6-7(8(11)12)10-2-4-13-5-3-10;;/h7,9H,2-6H2,1H3,(H,11,12);2*1H. The number of hydrogen-bond donors (Lipinski definition) is 2. The van der Waals surface area contributed by atoms with E-state index in [1.54, 1.807) is 7.05 Å². The highest BCUT2D eigenvalue weighted by Crippen LogP contribution is 2.03. The van der Waals surface area contributed by atoms with Gasteiger partial charge in [-0.05, 0) is 7.05 Å². The fourth-order valence-corrected chi connectivity index (χ4v) is 1.46. The summed E-state index contributed by atoms with van der Waals surface area (Å²) in [7, 11) is 1.76. The average Bonchev–Trinajstić information content (AvgIpc) is 2.15. The maximum atomic E-state index is 10.9. The highest BCUT2D eigenvalue weighted by atomic mass is 35.5. The van der Waals surface area contributed by atoms with Crippen LogP contribution < -0.4 is 5.32 Å². The number of rotatable bonds is 4. The van der Waals surface area contributed by atoms with E-state index in [1.807, 2.05) is 4.90 Å². The van der Waals surface area contributed by atoms with Gasteiger partial charge in [0, 0.05) is 19.6 Å². The van der Waals surface area contributed by atoms with Crippen molar-refractivity contribution >= 4 is 30.8 Å². The van der Waals surface area contributed by atoms with Gasteiger partial charge in [0.25, 0.3) is 0 Å². The zero-order chi connectivity index (χ0) is 9.68. The molecule has 0 aromatic carbocycles. The lowest BCUT2D eigenvalue weighted by Gasteiger charge is -2.31. The number of aliphatic carboxylic acids is 1. The second kappa shape index (κ2) is 9.18. The van der Waals surface area contributed by atoms with Gasteiger partial charge >= 0.3 is 5.97 Å². The number of carboxylic acid groups (broad SMARTS) is 1. The van der Waals surface area contributed by atoms with Crippen LogP contribution in [0.15, 0.2) is 0 Å². The van der Waals surface area contributed by atoms with Gasteiger partial charge in [0.05, 0.1) is 13.2 Å². The summed E-state index contributed by atoms with van der Waals surface area (Å²) in [5.41, 5.74) is 0. The lowest BCUT2D eigenvalue weighted by Crippen LogP contribution is -2.51. The van der Waals surface area contributed by atoms with Gasteiger partial charge in [-0.2, -0.15) is 0 Å². The molecule has 0 bridgehead atoms. The van der Waals surface area contributed by atoms with Crippen LogP contribution in [0.2, 0.25) is 0 Å². The molecule has 1 saturated heterocycles. The monoisotopic (exact) mass is 260 g/mol. The molecule has 1 unspecified atom stereocenters. The summed E-state index contributed by atoms with van der Waals surface area (Å²) in [6.07, 6.45) is 0. The minimum atomic E-state index is -0.767. The lowest BCUT2D eigenvalue weighted by molar-refractivity contribution is -0.144. The lowest BCUT2D eigenvalue weighted by atomic mass is 10.2. The van der Waals surface area contributed by atoms with Crippen LogP contribution in [0.3, 0.4) is 0 Å². The average molecular weight is 261 g/mol. The molecule has 7 heteroatoms. The van der Waals surface area contributed by atoms with Crippen LogP contribution in [-0.4, -0.2) is 61.9 Å². The van der Waals surface area contributed by atoms with Crippen molar-refractivity contribution in [3.8, 4) is 0 Å². The summed E-state index contributed by atoms with van der Waals surface area (Å²) >= 11 is 0. The van der Waals surface area contributed by atoms with E-state index in [9.17, 15) is 4.79 Å². The Morgan fingerprint density at radius 3 is 2.40 bits per heavy atom. The number of nitrogens with one attached hydrogen (secondary N) is 1. The second-order valence-corrected chi connectivity index (χ2v) is 3.06. The minimum Gasteiger partial charge on any atom is -0.480 e. The first-order valence-electron chi connectivity index (χ1n) is 4.45. The number of halogens is 2. The van der Waals surface area contributed by atoms with Crippen molar-refractivity contribution in [1.29, 1.82) is 0 Å². The van der Waals surface area contributed by atoms with E-state index < -0.39 is 12.0 Å². The third-order valence-corrected chi connectivity index (χ3v) is 2.17. The van der Waals surface area contributed by atoms with Crippen LogP contribution in [0.5, 0.6) is 0 Å². The smallest absolute Gasteiger partial charge is 0.322 e. The molecular formula is C8H18Cl2N2O3. The molecule has 0 aliphatic carbocycles. The fraction of sp³-hybridized carbons (Fsp3) is 0.875. The summed E-state index contributed by atoms with van der Waals surface area (Å²) in [4.78, 5) is 12.8. The van der Waals surface area contributed by atoms with Crippen LogP contribution in [0, 0.1) is 0 Å². The molecule has 1 rings (SSSR count). The summed E-state index contributed by atoms with van der Waals surface area (Å²) in [5, 5.41) is 11.8. The molecule has 1 aliphatic rings. The van der Waals surface area contributed by atoms with Crippen molar-refractivity contribution in [1.82, 2.24) is 10.2 Å². The van der Waals surface area contributed by atoms with Gasteiger partial charge in [-0.1, -0.05) is 0 Å². The number of morpholine rings is 1. The Morgan fingerprint density at radius 1 is 1.47 bits per heavy atom. The van der Waals surface area contributed by atoms with Crippen LogP contribution in [0.1, 0.15) is 0 Å². The predicted octanol–water partition coefficient (Wildman–Crippen LogP) is -0.165. The fourth-order valence-electron chi connectivity index (χ4n) is 1.46. The van der Waals surface area contributed by atoms with E-state index in [0.29, 0.717) is 32.8 Å². The highest BCUT2D eigenvalue weighted by Gasteiger charge is 2.25. The molecule has 0 amide bonds. The summed E-state index contributed by atoms with van der Waals surface area (Å²) in [6.45, 7) is 3.16. The molecule has 5 nitrogen and oxygen atoms in total. The Hall–Kier alpha value is -0.0700. The number of carboxylic acids is 1. The van der Waals surface area contributed by atoms with E-state index >= 15 is 0 Å². The maximum absolute atomic E-state index is 10.9. The number of carbonyl (C=O) groups is 1. The highest BCUT2D eigenvalue weighted by molar-refractivity contribution is 5.85. The van der Waals surface area contributed by atoms with Gasteiger partial charge in [-0.25, -0.2) is 0 Å². The van der Waals surface area contributed by atoms with Gasteiger partial charge in [-0.15, -0.1) is 24.8 Å². The molecule has 0 spiro atoms. The van der Waals surface area contributed by atoms with Gasteiger partial charge in [-0.3, -0.25) is 9.69 Å². The largest absolute Gasteiger partial charge is 0.480 e. The van der Waals surface area contributed by atoms with E-state index in [2.05, 4.69) is 5.32 Å². The van der Waals surface area contributed by atoms with Crippen molar-refractivity contribution in [3.05, 3.63) is 0 Å². The van der Waals surface area contributed by atoms with E-state index in [-0.39, 0.29) is 24.8 Å². The molecule has 92 valence electrons. The Morgan fingerprint density at radius 2 is 2.00 bits per heavy atom. The number of hydrogen-bond acceptors (Lipinski definition) is 4. The Bertz CT molecular complexity index is 177. The number of nitrogens with zero attached hydrogens (tertiary/aromatic N) is 1. The van der Waals surface area contributed by atoms with Crippen molar-refractivity contribution in [2.75, 3.05) is 39.9 Å². The third-order valence-electron chi connectivity index (χ3n) is 2.17. The van der Waals surface area contributed by atoms with Crippen LogP contribution in [0.25, 0.3) is 0 Å². The Labute approximate surface area is 102 Å². The van der Waals surface area contributed by atoms with Gasteiger partial charge < -0.3 is 15.2 Å². The van der Waals surface area contributed by atoms with Crippen LogP contribution in [0.4, 0.5) is 0 Å². The van der Waals surface area contributed by atoms with Crippen molar-refractivity contribution in [3.63, 3.8) is 0 Å². The van der Waals surface area contributed by atoms with E-state index in [0.717, 1.165) is 0 Å². The van der Waals surface area contributed by atoms with Crippen molar-refractivity contribution in [2.45, 2.75) is 6.04 Å². The zero-order valence-electron chi connectivity index (χ0n) is 8.64. The maximum Gasteiger partial charge on any atom is 0.322 e. The zero-order valence-corrected chi connectivity index (χ0v) is 10.3. The van der Waals surface area contributed by atoms with Crippen LogP contribution >= 0.6 is 24.8 Å². The van der Waals surface area contributed by atoms with Gasteiger partial charge in [0.2, 0.25) is 0 Å². The molecular weight excluding hydrogens is 243 g/mol. The first-order valence-corrected chi connectivity index (χ1v) is 4.45. The molecule has 0 saturated carbocycles. The van der Waals surface area contributed by atoms with E-state index in [1.165, 1.54) is 0 Å². The molecule has 1 fully saturated rings. The van der Waals surface area contributed by atoms with Gasteiger partial charge in [0.1, 0.15) is 6.04 Å². The predicted molar refractivity (Wildman–Crippen MR) is 62.2 cm³/mol. The Kier molecular flexibility index (Phi) is 10.6. The molecule has 1 aliphatic heterocycles. The van der Waals surface area contributed by atoms with E-state index in [4.69, 9.17) is 9.84 Å². The summed E-state index contributed by atoms with van der Waals surface area (Å²) in [5.74, 6) is -0.767. The first-order chi connectivity index (χ1) is 6.25. The second-order valence-electron chi connectivity index (χ2n) is 3.06. The molecule has 1 atom stereocenters.